The van der Waals surface area contributed by atoms with Crippen molar-refractivity contribution in [2.75, 3.05) is 19.0 Å². The van der Waals surface area contributed by atoms with Gasteiger partial charge >= 0.3 is 0 Å². The summed E-state index contributed by atoms with van der Waals surface area (Å²) < 4.78 is 0. The molecule has 1 saturated heterocycles. The molecular formula is C24H43N5O3S. The van der Waals surface area contributed by atoms with E-state index in [9.17, 15) is 14.7 Å². The molecule has 0 saturated carbocycles. The number of β-amino-alcohol motifs (C(OH)–C–C–N with tert-alkyl or cyclic N) is 1. The van der Waals surface area contributed by atoms with Crippen molar-refractivity contribution in [2.24, 2.45) is 17.1 Å². The molecule has 0 aromatic heterocycles. The highest BCUT2D eigenvalue weighted by Gasteiger charge is 2.27. The molecule has 2 aliphatic heterocycles. The van der Waals surface area contributed by atoms with E-state index < -0.39 is 0 Å². The lowest BCUT2D eigenvalue weighted by molar-refractivity contribution is -0.132. The third kappa shape index (κ3) is 12.1. The van der Waals surface area contributed by atoms with Crippen LogP contribution in [0.3, 0.4) is 0 Å². The molecule has 7 N–H and O–H groups in total. The number of nitrogens with one attached hydrogen (secondary N) is 2. The summed E-state index contributed by atoms with van der Waals surface area (Å²) in [6.07, 6.45) is 1.72. The fraction of sp³-hybridized carbons (Fsp3) is 0.583. The summed E-state index contributed by atoms with van der Waals surface area (Å²) in [5, 5.41) is 15.2. The summed E-state index contributed by atoms with van der Waals surface area (Å²) in [4.78, 5) is 24.9. The number of thioether (sulfide) groups is 1. The molecule has 0 spiro atoms. The number of likely N-dealkylation sites (tertiary alicyclic amines) is 1. The van der Waals surface area contributed by atoms with Gasteiger partial charge in [0.05, 0.1) is 12.0 Å². The highest BCUT2D eigenvalue weighted by atomic mass is 32.2. The summed E-state index contributed by atoms with van der Waals surface area (Å²) >= 11 is 1.82. The summed E-state index contributed by atoms with van der Waals surface area (Å²) in [5.74, 6) is 9.12. The van der Waals surface area contributed by atoms with Gasteiger partial charge in [-0.3, -0.25) is 21.3 Å². The molecule has 0 bridgehead atoms. The minimum absolute atomic E-state index is 0.0463. The number of hydrazine groups is 1. The van der Waals surface area contributed by atoms with Gasteiger partial charge in [0.2, 0.25) is 12.3 Å². The molecule has 188 valence electrons. The van der Waals surface area contributed by atoms with Gasteiger partial charge in [0, 0.05) is 36.7 Å². The van der Waals surface area contributed by atoms with E-state index in [1.807, 2.05) is 37.7 Å². The maximum atomic E-state index is 11.6. The number of aliphatic hydroxyl groups excluding tert-OH is 1. The van der Waals surface area contributed by atoms with E-state index in [4.69, 9.17) is 0 Å². The minimum atomic E-state index is -0.302. The fourth-order valence-electron chi connectivity index (χ4n) is 3.17. The van der Waals surface area contributed by atoms with E-state index in [0.29, 0.717) is 19.5 Å². The van der Waals surface area contributed by atoms with Gasteiger partial charge in [-0.1, -0.05) is 58.9 Å². The zero-order valence-corrected chi connectivity index (χ0v) is 21.8. The molecule has 9 heteroatoms. The maximum absolute atomic E-state index is 11.6. The molecule has 1 atom stereocenters. The van der Waals surface area contributed by atoms with Crippen molar-refractivity contribution in [3.05, 3.63) is 41.1 Å². The van der Waals surface area contributed by atoms with Crippen LogP contribution in [0.1, 0.15) is 65.5 Å². The third-order valence-electron chi connectivity index (χ3n) is 4.70. The number of nitrogens with zero attached hydrogens (tertiary/aromatic N) is 1. The zero-order valence-electron chi connectivity index (χ0n) is 21.0. The highest BCUT2D eigenvalue weighted by Crippen LogP contribution is 2.33. The molecule has 1 aromatic rings. The quantitative estimate of drug-likeness (QED) is 0.248. The minimum Gasteiger partial charge on any atom is -0.391 e. The molecule has 1 aromatic carbocycles. The Bertz CT molecular complexity index is 733. The standard InChI is InChI=1S/C12H14N2OS.C10H19NO2.C2H6.H4N2/c1-9-12(16-8-14-9)11-4-2-10(3-5-11)6-13-7-15;1-10(2,3)6-9(13)11-5-4-8(12)7-11;2*1-2/h2-5,7,14H,6,8H2,1H3,(H,13,15);8,12H,4-7H2,1-3H3;1-2H3;1-2H2. The fourth-order valence-corrected chi connectivity index (χ4v) is 4.20. The maximum Gasteiger partial charge on any atom is 0.223 e. The predicted octanol–water partition coefficient (Wildman–Crippen LogP) is 2.78. The lowest BCUT2D eigenvalue weighted by Gasteiger charge is -2.22. The summed E-state index contributed by atoms with van der Waals surface area (Å²) in [6, 6.07) is 8.29. The lowest BCUT2D eigenvalue weighted by atomic mass is 9.92. The van der Waals surface area contributed by atoms with E-state index in [2.05, 4.69) is 62.1 Å². The van der Waals surface area contributed by atoms with Crippen LogP contribution in [-0.2, 0) is 16.1 Å². The van der Waals surface area contributed by atoms with Gasteiger partial charge in [-0.15, -0.1) is 11.8 Å². The molecule has 2 aliphatic rings. The van der Waals surface area contributed by atoms with Gasteiger partial charge in [-0.2, -0.15) is 0 Å². The van der Waals surface area contributed by atoms with E-state index in [1.54, 1.807) is 4.90 Å². The Hall–Kier alpha value is -2.07. The van der Waals surface area contributed by atoms with E-state index >= 15 is 0 Å². The number of hydrogen-bond acceptors (Lipinski definition) is 7. The van der Waals surface area contributed by atoms with Gasteiger partial charge < -0.3 is 20.6 Å². The second-order valence-electron chi connectivity index (χ2n) is 8.63. The van der Waals surface area contributed by atoms with E-state index in [1.165, 1.54) is 16.2 Å². The van der Waals surface area contributed by atoms with E-state index in [-0.39, 0.29) is 17.4 Å². The summed E-state index contributed by atoms with van der Waals surface area (Å²) in [6.45, 7) is 14.1. The van der Waals surface area contributed by atoms with E-state index in [0.717, 1.165) is 30.8 Å². The van der Waals surface area contributed by atoms with Gasteiger partial charge in [0.1, 0.15) is 0 Å². The first-order valence-corrected chi connectivity index (χ1v) is 12.3. The largest absolute Gasteiger partial charge is 0.391 e. The normalized spacial score (nSPS) is 16.9. The lowest BCUT2D eigenvalue weighted by Crippen LogP contribution is -2.32. The number of nitrogens with two attached hydrogens (primary N) is 2. The van der Waals surface area contributed by atoms with Crippen LogP contribution in [0.4, 0.5) is 0 Å². The molecular weight excluding hydrogens is 438 g/mol. The third-order valence-corrected chi connectivity index (χ3v) is 5.82. The summed E-state index contributed by atoms with van der Waals surface area (Å²) in [5.41, 5.74) is 3.64. The molecule has 2 heterocycles. The van der Waals surface area contributed by atoms with Crippen molar-refractivity contribution in [1.29, 1.82) is 0 Å². The molecule has 3 rings (SSSR count). The van der Waals surface area contributed by atoms with Crippen LogP contribution in [0.5, 0.6) is 0 Å². The van der Waals surface area contributed by atoms with Crippen molar-refractivity contribution >= 4 is 29.0 Å². The number of carbonyl (C=O) groups is 2. The van der Waals surface area contributed by atoms with Crippen molar-refractivity contribution in [2.45, 2.75) is 67.0 Å². The van der Waals surface area contributed by atoms with Gasteiger partial charge in [-0.05, 0) is 29.9 Å². The second kappa shape index (κ2) is 16.5. The molecule has 1 unspecified atom stereocenters. The Morgan fingerprint density at radius 2 is 1.88 bits per heavy atom. The predicted molar refractivity (Wildman–Crippen MR) is 139 cm³/mol. The first-order valence-electron chi connectivity index (χ1n) is 11.3. The Balaban J connectivity index is 0.000000549. The number of allylic oxidation sites excluding steroid dienone is 1. The Kier molecular flexibility index (Phi) is 15.5. The van der Waals surface area contributed by atoms with Crippen LogP contribution in [0.15, 0.2) is 30.0 Å². The van der Waals surface area contributed by atoms with Crippen LogP contribution in [0.25, 0.3) is 4.91 Å². The Morgan fingerprint density at radius 3 is 2.30 bits per heavy atom. The van der Waals surface area contributed by atoms with Crippen molar-refractivity contribution in [3.63, 3.8) is 0 Å². The monoisotopic (exact) mass is 481 g/mol. The van der Waals surface area contributed by atoms with Crippen LogP contribution in [-0.4, -0.2) is 47.4 Å². The number of rotatable bonds is 5. The van der Waals surface area contributed by atoms with Crippen molar-refractivity contribution in [3.8, 4) is 0 Å². The van der Waals surface area contributed by atoms with Gasteiger partial charge in [0.15, 0.2) is 0 Å². The SMILES string of the molecule is CC.CC(C)(C)CC(=O)N1CCC(O)C1.CC1=C(c2ccc(CNC=O)cc2)SCN1.NN. The second-order valence-corrected chi connectivity index (χ2v) is 9.62. The van der Waals surface area contributed by atoms with Crippen LogP contribution < -0.4 is 22.3 Å². The molecule has 8 nitrogen and oxygen atoms in total. The molecule has 33 heavy (non-hydrogen) atoms. The molecule has 0 radical (unpaired) electrons. The number of amides is 2. The Labute approximate surface area is 203 Å². The molecule has 0 aliphatic carbocycles. The van der Waals surface area contributed by atoms with Gasteiger partial charge in [0.25, 0.3) is 0 Å². The summed E-state index contributed by atoms with van der Waals surface area (Å²) in [7, 11) is 0. The van der Waals surface area contributed by atoms with Crippen LogP contribution in [0.2, 0.25) is 0 Å². The first kappa shape index (κ1) is 30.9. The molecule has 2 amide bonds. The average molecular weight is 482 g/mol. The zero-order chi connectivity index (χ0) is 25.4. The molecule has 1 fully saturated rings. The first-order chi connectivity index (χ1) is 15.7. The average Bonchev–Trinajstić information content (AvgIpc) is 3.43. The number of aliphatic hydroxyl groups is 1. The van der Waals surface area contributed by atoms with Crippen LogP contribution in [0, 0.1) is 5.41 Å². The topological polar surface area (TPSA) is 134 Å². The number of carbonyl (C=O) groups excluding carboxylic acids is 2. The van der Waals surface area contributed by atoms with Gasteiger partial charge in [-0.25, -0.2) is 0 Å². The Morgan fingerprint density at radius 1 is 1.27 bits per heavy atom. The van der Waals surface area contributed by atoms with Crippen molar-refractivity contribution in [1.82, 2.24) is 15.5 Å². The highest BCUT2D eigenvalue weighted by molar-refractivity contribution is 8.08. The number of benzene rings is 1. The van der Waals surface area contributed by atoms with Crippen LogP contribution >= 0.6 is 11.8 Å². The number of hydrogen-bond donors (Lipinski definition) is 5. The van der Waals surface area contributed by atoms with Crippen molar-refractivity contribution < 1.29 is 14.7 Å². The smallest absolute Gasteiger partial charge is 0.223 e.